The molecule has 0 saturated heterocycles. The van der Waals surface area contributed by atoms with Gasteiger partial charge in [0.15, 0.2) is 0 Å². The Morgan fingerprint density at radius 3 is 2.44 bits per heavy atom. The third-order valence-electron chi connectivity index (χ3n) is 2.54. The molecule has 1 aromatic heterocycles. The lowest BCUT2D eigenvalue weighted by Gasteiger charge is -2.09. The second-order valence-electron chi connectivity index (χ2n) is 3.69. The summed E-state index contributed by atoms with van der Waals surface area (Å²) in [6.07, 6.45) is 1.40. The van der Waals surface area contributed by atoms with Gasteiger partial charge >= 0.3 is 7.12 Å². The zero-order chi connectivity index (χ0) is 13.1. The first-order valence-electron chi connectivity index (χ1n) is 5.28. The molecule has 0 aliphatic carbocycles. The minimum Gasteiger partial charge on any atom is -0.496 e. The van der Waals surface area contributed by atoms with E-state index in [9.17, 15) is 14.4 Å². The van der Waals surface area contributed by atoms with E-state index >= 15 is 0 Å². The Hall–Kier alpha value is -1.92. The molecule has 0 radical (unpaired) electrons. The number of hydrogen-bond donors (Lipinski definition) is 2. The van der Waals surface area contributed by atoms with E-state index in [1.54, 1.807) is 12.1 Å². The Bertz CT molecular complexity index is 546. The fourth-order valence-corrected chi connectivity index (χ4v) is 1.61. The van der Waals surface area contributed by atoms with Crippen LogP contribution in [0.1, 0.15) is 0 Å². The molecular weight excluding hydrogens is 236 g/mol. The van der Waals surface area contributed by atoms with Crippen LogP contribution in [-0.2, 0) is 0 Å². The van der Waals surface area contributed by atoms with E-state index in [1.165, 1.54) is 31.5 Å². The second-order valence-corrected chi connectivity index (χ2v) is 3.69. The van der Waals surface area contributed by atoms with Crippen LogP contribution in [0.4, 0.5) is 4.39 Å². The van der Waals surface area contributed by atoms with Gasteiger partial charge in [-0.05, 0) is 30.3 Å². The number of aromatic nitrogens is 1. The van der Waals surface area contributed by atoms with Crippen molar-refractivity contribution in [3.63, 3.8) is 0 Å². The molecule has 0 unspecified atom stereocenters. The van der Waals surface area contributed by atoms with Crippen LogP contribution < -0.4 is 10.2 Å². The molecule has 18 heavy (non-hydrogen) atoms. The van der Waals surface area contributed by atoms with Crippen molar-refractivity contribution in [2.45, 2.75) is 0 Å². The SMILES string of the molecule is COc1cnc(-c2ccc(F)cc2)cc1B(O)O. The van der Waals surface area contributed by atoms with Crippen LogP contribution in [-0.4, -0.2) is 29.3 Å². The van der Waals surface area contributed by atoms with E-state index in [4.69, 9.17) is 4.74 Å². The van der Waals surface area contributed by atoms with Gasteiger partial charge in [-0.2, -0.15) is 0 Å². The van der Waals surface area contributed by atoms with Crippen LogP contribution >= 0.6 is 0 Å². The summed E-state index contributed by atoms with van der Waals surface area (Å²) in [5, 5.41) is 18.5. The molecule has 0 spiro atoms. The normalized spacial score (nSPS) is 10.2. The van der Waals surface area contributed by atoms with E-state index < -0.39 is 7.12 Å². The molecular formula is C12H11BFNO3. The number of hydrogen-bond acceptors (Lipinski definition) is 4. The Kier molecular flexibility index (Phi) is 3.59. The topological polar surface area (TPSA) is 62.6 Å². The molecule has 0 fully saturated rings. The summed E-state index contributed by atoms with van der Waals surface area (Å²) in [6.45, 7) is 0. The maximum absolute atomic E-state index is 12.8. The smallest absolute Gasteiger partial charge is 0.492 e. The van der Waals surface area contributed by atoms with Crippen molar-refractivity contribution in [3.8, 4) is 17.0 Å². The van der Waals surface area contributed by atoms with Gasteiger partial charge in [0.05, 0.1) is 19.0 Å². The molecule has 0 atom stereocenters. The lowest BCUT2D eigenvalue weighted by atomic mass is 9.79. The predicted molar refractivity (Wildman–Crippen MR) is 66.0 cm³/mol. The van der Waals surface area contributed by atoms with Gasteiger partial charge in [-0.1, -0.05) is 0 Å². The number of ether oxygens (including phenoxy) is 1. The first-order valence-corrected chi connectivity index (χ1v) is 5.28. The summed E-state index contributed by atoms with van der Waals surface area (Å²) in [5.41, 5.74) is 1.41. The van der Waals surface area contributed by atoms with Crippen molar-refractivity contribution in [1.29, 1.82) is 0 Å². The van der Waals surface area contributed by atoms with Crippen LogP contribution in [0.3, 0.4) is 0 Å². The summed E-state index contributed by atoms with van der Waals surface area (Å²) in [4.78, 5) is 4.12. The maximum atomic E-state index is 12.8. The van der Waals surface area contributed by atoms with Crippen LogP contribution in [0.5, 0.6) is 5.75 Å². The van der Waals surface area contributed by atoms with Gasteiger partial charge < -0.3 is 14.8 Å². The molecule has 0 aliphatic rings. The number of methoxy groups -OCH3 is 1. The minimum atomic E-state index is -1.65. The molecule has 0 amide bonds. The molecule has 2 N–H and O–H groups in total. The van der Waals surface area contributed by atoms with Crippen LogP contribution in [0.2, 0.25) is 0 Å². The molecule has 1 aromatic carbocycles. The van der Waals surface area contributed by atoms with Gasteiger partial charge in [-0.3, -0.25) is 4.98 Å². The highest BCUT2D eigenvalue weighted by atomic mass is 19.1. The van der Waals surface area contributed by atoms with E-state index in [2.05, 4.69) is 4.98 Å². The fraction of sp³-hybridized carbons (Fsp3) is 0.0833. The molecule has 2 rings (SSSR count). The molecule has 92 valence electrons. The Labute approximate surface area is 104 Å². The fourth-order valence-electron chi connectivity index (χ4n) is 1.61. The molecule has 4 nitrogen and oxygen atoms in total. The number of pyridine rings is 1. The molecule has 0 bridgehead atoms. The van der Waals surface area contributed by atoms with E-state index in [-0.39, 0.29) is 17.0 Å². The lowest BCUT2D eigenvalue weighted by molar-refractivity contribution is 0.402. The first-order chi connectivity index (χ1) is 8.61. The third kappa shape index (κ3) is 2.50. The van der Waals surface area contributed by atoms with E-state index in [0.29, 0.717) is 11.3 Å². The highest BCUT2D eigenvalue weighted by molar-refractivity contribution is 6.59. The van der Waals surface area contributed by atoms with Crippen molar-refractivity contribution in [1.82, 2.24) is 4.98 Å². The minimum absolute atomic E-state index is 0.215. The number of nitrogens with zero attached hydrogens (tertiary/aromatic N) is 1. The van der Waals surface area contributed by atoms with Crippen molar-refractivity contribution in [2.24, 2.45) is 0 Å². The quantitative estimate of drug-likeness (QED) is 0.778. The summed E-state index contributed by atoms with van der Waals surface area (Å²) in [5.74, 6) is -0.0504. The number of rotatable bonds is 3. The summed E-state index contributed by atoms with van der Waals surface area (Å²) in [7, 11) is -0.234. The van der Waals surface area contributed by atoms with Crippen LogP contribution in [0.25, 0.3) is 11.3 Å². The van der Waals surface area contributed by atoms with Gasteiger partial charge in [0, 0.05) is 11.0 Å². The molecule has 0 saturated carbocycles. The largest absolute Gasteiger partial charge is 0.496 e. The number of halogens is 1. The lowest BCUT2D eigenvalue weighted by Crippen LogP contribution is -2.31. The average Bonchev–Trinajstić information content (AvgIpc) is 2.39. The van der Waals surface area contributed by atoms with Gasteiger partial charge in [-0.15, -0.1) is 0 Å². The van der Waals surface area contributed by atoms with Gasteiger partial charge in [0.25, 0.3) is 0 Å². The zero-order valence-electron chi connectivity index (χ0n) is 9.67. The predicted octanol–water partition coefficient (Wildman–Crippen LogP) is 0.576. The summed E-state index contributed by atoms with van der Waals surface area (Å²) < 4.78 is 17.8. The average molecular weight is 247 g/mol. The maximum Gasteiger partial charge on any atom is 0.492 e. The van der Waals surface area contributed by atoms with Crippen LogP contribution in [0.15, 0.2) is 36.5 Å². The third-order valence-corrected chi connectivity index (χ3v) is 2.54. The Morgan fingerprint density at radius 1 is 1.22 bits per heavy atom. The molecule has 2 aromatic rings. The molecule has 6 heteroatoms. The van der Waals surface area contributed by atoms with Gasteiger partial charge in [0.2, 0.25) is 0 Å². The Balaban J connectivity index is 2.46. The van der Waals surface area contributed by atoms with Gasteiger partial charge in [0.1, 0.15) is 11.6 Å². The molecule has 0 aliphatic heterocycles. The Morgan fingerprint density at radius 2 is 1.89 bits per heavy atom. The monoisotopic (exact) mass is 247 g/mol. The van der Waals surface area contributed by atoms with Crippen LogP contribution in [0, 0.1) is 5.82 Å². The highest BCUT2D eigenvalue weighted by Crippen LogP contribution is 2.18. The standard InChI is InChI=1S/C12H11BFNO3/c1-18-12-7-15-11(6-10(12)13(16)17)8-2-4-9(14)5-3-8/h2-7,16-17H,1H3. The van der Waals surface area contributed by atoms with Crippen molar-refractivity contribution in [3.05, 3.63) is 42.3 Å². The highest BCUT2D eigenvalue weighted by Gasteiger charge is 2.18. The van der Waals surface area contributed by atoms with Gasteiger partial charge in [-0.25, -0.2) is 4.39 Å². The van der Waals surface area contributed by atoms with Crippen molar-refractivity contribution in [2.75, 3.05) is 7.11 Å². The van der Waals surface area contributed by atoms with Crippen molar-refractivity contribution >= 4 is 12.6 Å². The molecule has 1 heterocycles. The van der Waals surface area contributed by atoms with E-state index in [1.807, 2.05) is 0 Å². The summed E-state index contributed by atoms with van der Waals surface area (Å²) in [6, 6.07) is 7.26. The summed E-state index contributed by atoms with van der Waals surface area (Å²) >= 11 is 0. The zero-order valence-corrected chi connectivity index (χ0v) is 9.67. The first kappa shape index (κ1) is 12.5. The number of benzene rings is 1. The van der Waals surface area contributed by atoms with Crippen molar-refractivity contribution < 1.29 is 19.2 Å². The van der Waals surface area contributed by atoms with E-state index in [0.717, 1.165) is 0 Å². The second kappa shape index (κ2) is 5.16.